The van der Waals surface area contributed by atoms with Crippen molar-refractivity contribution < 1.29 is 14.3 Å². The molecule has 2 heterocycles. The zero-order valence-corrected chi connectivity index (χ0v) is 16.4. The summed E-state index contributed by atoms with van der Waals surface area (Å²) >= 11 is 1.84. The number of ether oxygens (including phenoxy) is 2. The van der Waals surface area contributed by atoms with Gasteiger partial charge in [-0.2, -0.15) is 0 Å². The van der Waals surface area contributed by atoms with Crippen LogP contribution in [0.4, 0.5) is 5.69 Å². The van der Waals surface area contributed by atoms with Crippen LogP contribution in [0.3, 0.4) is 0 Å². The molecule has 0 aliphatic carbocycles. The van der Waals surface area contributed by atoms with Gasteiger partial charge >= 0.3 is 0 Å². The van der Waals surface area contributed by atoms with E-state index in [9.17, 15) is 4.79 Å². The molecule has 4 rings (SSSR count). The number of benzene rings is 2. The molecule has 27 heavy (non-hydrogen) atoms. The fraction of sp³-hybridized carbons (Fsp3) is 0.409. The molecule has 4 nitrogen and oxygen atoms in total. The molecule has 1 fully saturated rings. The van der Waals surface area contributed by atoms with Crippen LogP contribution in [0, 0.1) is 0 Å². The molecule has 0 radical (unpaired) electrons. The molecule has 2 unspecified atom stereocenters. The summed E-state index contributed by atoms with van der Waals surface area (Å²) in [5.41, 5.74) is 1.66. The number of anilines is 1. The Bertz CT molecular complexity index is 804. The van der Waals surface area contributed by atoms with Gasteiger partial charge in [-0.1, -0.05) is 25.1 Å². The van der Waals surface area contributed by atoms with Gasteiger partial charge in [0.05, 0.1) is 11.8 Å². The summed E-state index contributed by atoms with van der Waals surface area (Å²) in [6.07, 6.45) is 3.27. The first-order valence-electron chi connectivity index (χ1n) is 9.63. The second-order valence-electron chi connectivity index (χ2n) is 7.12. The molecule has 2 atom stereocenters. The Morgan fingerprint density at radius 2 is 2.11 bits per heavy atom. The number of fused-ring (bicyclic) bond motifs is 1. The van der Waals surface area contributed by atoms with Crippen LogP contribution in [-0.4, -0.2) is 37.0 Å². The van der Waals surface area contributed by atoms with E-state index in [0.29, 0.717) is 17.4 Å². The van der Waals surface area contributed by atoms with Crippen molar-refractivity contribution in [3.8, 4) is 5.75 Å². The predicted octanol–water partition coefficient (Wildman–Crippen LogP) is 4.78. The Labute approximate surface area is 164 Å². The van der Waals surface area contributed by atoms with Crippen molar-refractivity contribution in [1.82, 2.24) is 0 Å². The highest BCUT2D eigenvalue weighted by atomic mass is 32.2. The van der Waals surface area contributed by atoms with Crippen LogP contribution in [0.2, 0.25) is 0 Å². The number of rotatable bonds is 4. The minimum Gasteiger partial charge on any atom is -0.491 e. The third-order valence-corrected chi connectivity index (χ3v) is 6.27. The molecule has 0 spiro atoms. The Morgan fingerprint density at radius 1 is 1.22 bits per heavy atom. The largest absolute Gasteiger partial charge is 0.491 e. The van der Waals surface area contributed by atoms with E-state index in [-0.39, 0.29) is 12.0 Å². The molecule has 0 saturated carbocycles. The second-order valence-corrected chi connectivity index (χ2v) is 8.60. The lowest BCUT2D eigenvalue weighted by Crippen LogP contribution is -2.32. The Balaban J connectivity index is 1.53. The number of para-hydroxylation sites is 1. The van der Waals surface area contributed by atoms with Gasteiger partial charge in [0.15, 0.2) is 0 Å². The number of thioether (sulfide) groups is 1. The molecule has 2 aliphatic heterocycles. The van der Waals surface area contributed by atoms with Gasteiger partial charge in [0.2, 0.25) is 0 Å². The van der Waals surface area contributed by atoms with Crippen molar-refractivity contribution in [2.24, 2.45) is 0 Å². The summed E-state index contributed by atoms with van der Waals surface area (Å²) in [5.74, 6) is 0.752. The third-order valence-electron chi connectivity index (χ3n) is 5.03. The quantitative estimate of drug-likeness (QED) is 0.762. The summed E-state index contributed by atoms with van der Waals surface area (Å²) in [6, 6.07) is 15.7. The van der Waals surface area contributed by atoms with Crippen molar-refractivity contribution in [1.29, 1.82) is 0 Å². The van der Waals surface area contributed by atoms with Crippen LogP contribution in [0.1, 0.15) is 36.5 Å². The van der Waals surface area contributed by atoms with E-state index in [1.54, 1.807) is 0 Å². The first-order valence-corrected chi connectivity index (χ1v) is 10.5. The standard InChI is InChI=1S/C22H25NO3S/c1-16-11-12-23(20-9-2-3-10-21(20)27-16)22(24)17-6-4-7-18(14-17)26-15-19-8-5-13-25-19/h2-4,6-7,9-10,14,16,19H,5,8,11-13,15H2,1H3. The molecule has 2 aliphatic rings. The van der Waals surface area contributed by atoms with Crippen molar-refractivity contribution >= 4 is 23.4 Å². The maximum Gasteiger partial charge on any atom is 0.258 e. The van der Waals surface area contributed by atoms with Gasteiger partial charge in [-0.15, -0.1) is 11.8 Å². The third kappa shape index (κ3) is 4.30. The van der Waals surface area contributed by atoms with Gasteiger partial charge in [0.1, 0.15) is 12.4 Å². The summed E-state index contributed by atoms with van der Waals surface area (Å²) < 4.78 is 11.5. The van der Waals surface area contributed by atoms with Crippen LogP contribution in [0.5, 0.6) is 5.75 Å². The topological polar surface area (TPSA) is 38.8 Å². The van der Waals surface area contributed by atoms with E-state index < -0.39 is 0 Å². The van der Waals surface area contributed by atoms with E-state index in [4.69, 9.17) is 9.47 Å². The molecule has 5 heteroatoms. The number of hydrogen-bond acceptors (Lipinski definition) is 4. The SMILES string of the molecule is CC1CCN(C(=O)c2cccc(OCC3CCCO3)c2)c2ccccc2S1. The van der Waals surface area contributed by atoms with Crippen LogP contribution >= 0.6 is 11.8 Å². The van der Waals surface area contributed by atoms with Crippen molar-refractivity contribution in [3.05, 3.63) is 54.1 Å². The van der Waals surface area contributed by atoms with Crippen LogP contribution in [-0.2, 0) is 4.74 Å². The summed E-state index contributed by atoms with van der Waals surface area (Å²) in [6.45, 7) is 4.30. The number of nitrogens with zero attached hydrogens (tertiary/aromatic N) is 1. The fourth-order valence-electron chi connectivity index (χ4n) is 3.54. The van der Waals surface area contributed by atoms with Gasteiger partial charge in [-0.3, -0.25) is 4.79 Å². The fourth-order valence-corrected chi connectivity index (χ4v) is 4.65. The van der Waals surface area contributed by atoms with E-state index in [1.807, 2.05) is 59.1 Å². The molecule has 1 saturated heterocycles. The average molecular weight is 384 g/mol. The Morgan fingerprint density at radius 3 is 2.96 bits per heavy atom. The summed E-state index contributed by atoms with van der Waals surface area (Å²) in [5, 5.41) is 0.491. The number of carbonyl (C=O) groups excluding carboxylic acids is 1. The normalized spacial score (nSPS) is 22.2. The lowest BCUT2D eigenvalue weighted by Gasteiger charge is -2.23. The molecule has 142 valence electrons. The van der Waals surface area contributed by atoms with Gasteiger partial charge in [0, 0.05) is 28.9 Å². The lowest BCUT2D eigenvalue weighted by molar-refractivity contribution is 0.0679. The second kappa shape index (κ2) is 8.36. The Kier molecular flexibility index (Phi) is 5.69. The van der Waals surface area contributed by atoms with Gasteiger partial charge in [0.25, 0.3) is 5.91 Å². The van der Waals surface area contributed by atoms with E-state index >= 15 is 0 Å². The summed E-state index contributed by atoms with van der Waals surface area (Å²) in [4.78, 5) is 16.3. The Hall–Kier alpha value is -1.98. The highest BCUT2D eigenvalue weighted by Crippen LogP contribution is 2.38. The van der Waals surface area contributed by atoms with Gasteiger partial charge in [-0.25, -0.2) is 0 Å². The van der Waals surface area contributed by atoms with Crippen molar-refractivity contribution in [2.75, 3.05) is 24.7 Å². The molecule has 0 aromatic heterocycles. The molecule has 2 aromatic carbocycles. The monoisotopic (exact) mass is 383 g/mol. The molecule has 1 amide bonds. The molecular weight excluding hydrogens is 358 g/mol. The number of hydrogen-bond donors (Lipinski definition) is 0. The van der Waals surface area contributed by atoms with Crippen LogP contribution < -0.4 is 9.64 Å². The van der Waals surface area contributed by atoms with Crippen LogP contribution in [0.15, 0.2) is 53.4 Å². The highest BCUT2D eigenvalue weighted by Gasteiger charge is 2.25. The van der Waals surface area contributed by atoms with Gasteiger partial charge in [-0.05, 0) is 49.6 Å². The zero-order valence-electron chi connectivity index (χ0n) is 15.6. The van der Waals surface area contributed by atoms with Crippen molar-refractivity contribution in [3.63, 3.8) is 0 Å². The minimum absolute atomic E-state index is 0.0275. The lowest BCUT2D eigenvalue weighted by atomic mass is 10.1. The van der Waals surface area contributed by atoms with Gasteiger partial charge < -0.3 is 14.4 Å². The summed E-state index contributed by atoms with van der Waals surface area (Å²) in [7, 11) is 0. The molecule has 2 aromatic rings. The smallest absolute Gasteiger partial charge is 0.258 e. The minimum atomic E-state index is 0.0275. The first kappa shape index (κ1) is 18.4. The zero-order chi connectivity index (χ0) is 18.6. The highest BCUT2D eigenvalue weighted by molar-refractivity contribution is 8.00. The molecular formula is C22H25NO3S. The van der Waals surface area contributed by atoms with Crippen molar-refractivity contribution in [2.45, 2.75) is 42.4 Å². The number of carbonyl (C=O) groups is 1. The molecule has 0 N–H and O–H groups in total. The van der Waals surface area contributed by atoms with E-state index in [1.165, 1.54) is 4.90 Å². The van der Waals surface area contributed by atoms with E-state index in [2.05, 4.69) is 13.0 Å². The predicted molar refractivity (Wildman–Crippen MR) is 109 cm³/mol. The number of amides is 1. The molecule has 0 bridgehead atoms. The van der Waals surface area contributed by atoms with E-state index in [0.717, 1.165) is 43.9 Å². The average Bonchev–Trinajstić information content (AvgIpc) is 3.15. The maximum atomic E-state index is 13.3. The van der Waals surface area contributed by atoms with Crippen LogP contribution in [0.25, 0.3) is 0 Å². The first-order chi connectivity index (χ1) is 13.2. The maximum absolute atomic E-state index is 13.3.